The second kappa shape index (κ2) is 5.14. The van der Waals surface area contributed by atoms with Crippen LogP contribution in [0.1, 0.15) is 0 Å². The van der Waals surface area contributed by atoms with Gasteiger partial charge < -0.3 is 0 Å². The number of hydrogen-bond acceptors (Lipinski definition) is 4. The first-order chi connectivity index (χ1) is 7.88. The van der Waals surface area contributed by atoms with Crippen LogP contribution in [-0.2, 0) is 10.0 Å². The number of rotatable bonds is 4. The van der Waals surface area contributed by atoms with E-state index in [1.54, 1.807) is 0 Å². The molecule has 17 heavy (non-hydrogen) atoms. The topological polar surface area (TPSA) is 89.3 Å². The maximum absolute atomic E-state index is 11.6. The SMILES string of the molecule is C#CCNS(=O)(=O)c1ccc([N+](=O)[O-])cc1Cl. The fourth-order valence-corrected chi connectivity index (χ4v) is 2.51. The molecule has 0 atom stereocenters. The van der Waals surface area contributed by atoms with Gasteiger partial charge in [0.15, 0.2) is 0 Å². The van der Waals surface area contributed by atoms with Gasteiger partial charge in [-0.2, -0.15) is 4.72 Å². The minimum Gasteiger partial charge on any atom is -0.258 e. The van der Waals surface area contributed by atoms with Crippen molar-refractivity contribution in [2.45, 2.75) is 4.90 Å². The predicted molar refractivity (Wildman–Crippen MR) is 62.1 cm³/mol. The normalized spacial score (nSPS) is 10.8. The average molecular weight is 275 g/mol. The zero-order chi connectivity index (χ0) is 13.1. The van der Waals surface area contributed by atoms with Gasteiger partial charge in [-0.1, -0.05) is 17.5 Å². The first kappa shape index (κ1) is 13.4. The summed E-state index contributed by atoms with van der Waals surface area (Å²) in [5, 5.41) is 10.2. The van der Waals surface area contributed by atoms with Crippen LogP contribution in [0.2, 0.25) is 5.02 Å². The summed E-state index contributed by atoms with van der Waals surface area (Å²) in [5.74, 6) is 2.10. The molecule has 8 heteroatoms. The Morgan fingerprint density at radius 2 is 2.18 bits per heavy atom. The molecule has 0 aromatic heterocycles. The summed E-state index contributed by atoms with van der Waals surface area (Å²) in [6.45, 7) is -0.185. The third kappa shape index (κ3) is 3.17. The number of nitro benzene ring substituents is 1. The van der Waals surface area contributed by atoms with E-state index in [1.807, 2.05) is 0 Å². The number of terminal acetylenes is 1. The smallest absolute Gasteiger partial charge is 0.258 e. The lowest BCUT2D eigenvalue weighted by atomic mass is 10.3. The van der Waals surface area contributed by atoms with Gasteiger partial charge in [0.25, 0.3) is 5.69 Å². The van der Waals surface area contributed by atoms with Crippen molar-refractivity contribution in [3.8, 4) is 12.3 Å². The van der Waals surface area contributed by atoms with Gasteiger partial charge in [0.2, 0.25) is 10.0 Å². The van der Waals surface area contributed by atoms with Crippen LogP contribution >= 0.6 is 11.6 Å². The molecule has 1 aromatic rings. The number of non-ortho nitro benzene ring substituents is 1. The first-order valence-electron chi connectivity index (χ1n) is 4.25. The lowest BCUT2D eigenvalue weighted by molar-refractivity contribution is -0.384. The minimum atomic E-state index is -3.84. The summed E-state index contributed by atoms with van der Waals surface area (Å²) in [6.07, 6.45) is 4.92. The number of benzene rings is 1. The molecule has 0 fully saturated rings. The summed E-state index contributed by atoms with van der Waals surface area (Å²) >= 11 is 5.66. The zero-order valence-electron chi connectivity index (χ0n) is 8.38. The molecule has 0 amide bonds. The third-order valence-electron chi connectivity index (χ3n) is 1.78. The van der Waals surface area contributed by atoms with E-state index in [1.165, 1.54) is 0 Å². The molecule has 0 saturated heterocycles. The highest BCUT2D eigenvalue weighted by molar-refractivity contribution is 7.89. The van der Waals surface area contributed by atoms with Gasteiger partial charge in [-0.15, -0.1) is 6.42 Å². The molecule has 0 aliphatic heterocycles. The Bertz CT molecular complexity index is 592. The summed E-state index contributed by atoms with van der Waals surface area (Å²) in [7, 11) is -3.84. The van der Waals surface area contributed by atoms with Crippen LogP contribution in [0.4, 0.5) is 5.69 Å². The molecule has 0 heterocycles. The monoisotopic (exact) mass is 274 g/mol. The van der Waals surface area contributed by atoms with E-state index >= 15 is 0 Å². The van der Waals surface area contributed by atoms with Crippen molar-refractivity contribution in [2.75, 3.05) is 6.54 Å². The molecule has 0 saturated carbocycles. The van der Waals surface area contributed by atoms with E-state index < -0.39 is 14.9 Å². The lowest BCUT2D eigenvalue weighted by Gasteiger charge is -2.05. The van der Waals surface area contributed by atoms with Gasteiger partial charge in [0, 0.05) is 12.1 Å². The number of nitrogens with zero attached hydrogens (tertiary/aromatic N) is 1. The number of sulfonamides is 1. The third-order valence-corrected chi connectivity index (χ3v) is 3.66. The Balaban J connectivity index is 3.17. The maximum atomic E-state index is 11.6. The van der Waals surface area contributed by atoms with Crippen molar-refractivity contribution >= 4 is 27.3 Å². The summed E-state index contributed by atoms with van der Waals surface area (Å²) in [5.41, 5.74) is -0.286. The van der Waals surface area contributed by atoms with Gasteiger partial charge in [-0.25, -0.2) is 8.42 Å². The van der Waals surface area contributed by atoms with E-state index in [2.05, 4.69) is 10.6 Å². The van der Waals surface area contributed by atoms with E-state index in [-0.39, 0.29) is 22.2 Å². The summed E-state index contributed by atoms with van der Waals surface area (Å²) in [4.78, 5) is 9.52. The average Bonchev–Trinajstić information content (AvgIpc) is 2.25. The van der Waals surface area contributed by atoms with Crippen molar-refractivity contribution in [2.24, 2.45) is 0 Å². The van der Waals surface area contributed by atoms with Crippen molar-refractivity contribution in [3.05, 3.63) is 33.3 Å². The predicted octanol–water partition coefficient (Wildman–Crippen LogP) is 1.16. The molecule has 1 aromatic carbocycles. The minimum absolute atomic E-state index is 0.185. The van der Waals surface area contributed by atoms with Crippen LogP contribution in [0.15, 0.2) is 23.1 Å². The maximum Gasteiger partial charge on any atom is 0.271 e. The Hall–Kier alpha value is -1.62. The number of halogens is 1. The fraction of sp³-hybridized carbons (Fsp3) is 0.111. The molecule has 0 aliphatic carbocycles. The van der Waals surface area contributed by atoms with E-state index in [0.29, 0.717) is 0 Å². The zero-order valence-corrected chi connectivity index (χ0v) is 9.96. The van der Waals surface area contributed by atoms with Crippen LogP contribution in [0.5, 0.6) is 0 Å². The molecule has 0 aliphatic rings. The van der Waals surface area contributed by atoms with Crippen LogP contribution in [0.3, 0.4) is 0 Å². The number of hydrogen-bond donors (Lipinski definition) is 1. The molecule has 90 valence electrons. The van der Waals surface area contributed by atoms with Gasteiger partial charge in [-0.05, 0) is 6.07 Å². The Labute approximate surface area is 103 Å². The van der Waals surface area contributed by atoms with Crippen LogP contribution in [0.25, 0.3) is 0 Å². The van der Waals surface area contributed by atoms with Crippen LogP contribution in [0, 0.1) is 22.5 Å². The fourth-order valence-electron chi connectivity index (χ4n) is 1.04. The summed E-state index contributed by atoms with van der Waals surface area (Å²) in [6, 6.07) is 3.07. The molecule has 0 unspecified atom stereocenters. The molecule has 6 nitrogen and oxygen atoms in total. The van der Waals surface area contributed by atoms with E-state index in [4.69, 9.17) is 18.0 Å². The first-order valence-corrected chi connectivity index (χ1v) is 6.11. The molecular weight excluding hydrogens is 268 g/mol. The second-order valence-corrected chi connectivity index (χ2v) is 5.04. The highest BCUT2D eigenvalue weighted by Crippen LogP contribution is 2.25. The Morgan fingerprint density at radius 3 is 2.65 bits per heavy atom. The molecule has 1 rings (SSSR count). The van der Waals surface area contributed by atoms with E-state index in [9.17, 15) is 18.5 Å². The van der Waals surface area contributed by atoms with Crippen LogP contribution in [-0.4, -0.2) is 19.9 Å². The van der Waals surface area contributed by atoms with Crippen molar-refractivity contribution < 1.29 is 13.3 Å². The molecule has 0 bridgehead atoms. The van der Waals surface area contributed by atoms with Crippen molar-refractivity contribution in [1.29, 1.82) is 0 Å². The Morgan fingerprint density at radius 1 is 1.53 bits per heavy atom. The molecule has 0 radical (unpaired) electrons. The standard InChI is InChI=1S/C9H7ClN2O4S/c1-2-5-11-17(15,16)9-4-3-7(12(13)14)6-8(9)10/h1,3-4,6,11H,5H2. The van der Waals surface area contributed by atoms with E-state index in [0.717, 1.165) is 18.2 Å². The van der Waals surface area contributed by atoms with Crippen LogP contribution < -0.4 is 4.72 Å². The van der Waals surface area contributed by atoms with Gasteiger partial charge in [-0.3, -0.25) is 10.1 Å². The quantitative estimate of drug-likeness (QED) is 0.507. The lowest BCUT2D eigenvalue weighted by Crippen LogP contribution is -2.24. The molecule has 0 spiro atoms. The van der Waals surface area contributed by atoms with Crippen molar-refractivity contribution in [1.82, 2.24) is 4.72 Å². The van der Waals surface area contributed by atoms with Gasteiger partial charge >= 0.3 is 0 Å². The van der Waals surface area contributed by atoms with Crippen molar-refractivity contribution in [3.63, 3.8) is 0 Å². The highest BCUT2D eigenvalue weighted by Gasteiger charge is 2.19. The summed E-state index contributed by atoms with van der Waals surface area (Å²) < 4.78 is 25.4. The number of nitrogens with one attached hydrogen (secondary N) is 1. The van der Waals surface area contributed by atoms with Gasteiger partial charge in [0.05, 0.1) is 16.5 Å². The molecule has 1 N–H and O–H groups in total. The highest BCUT2D eigenvalue weighted by atomic mass is 35.5. The second-order valence-electron chi connectivity index (χ2n) is 2.90. The Kier molecular flexibility index (Phi) is 4.07. The largest absolute Gasteiger partial charge is 0.271 e. The molecular formula is C9H7ClN2O4S. The number of nitro groups is 1. The van der Waals surface area contributed by atoms with Gasteiger partial charge in [0.1, 0.15) is 4.90 Å².